The van der Waals surface area contributed by atoms with E-state index in [4.69, 9.17) is 19.7 Å². The number of aromatic hydroxyl groups is 1. The second kappa shape index (κ2) is 20.6. The summed E-state index contributed by atoms with van der Waals surface area (Å²) in [5.74, 6) is -0.195. The molecule has 2 saturated heterocycles. The minimum Gasteiger partial charge on any atom is -0.507 e. The summed E-state index contributed by atoms with van der Waals surface area (Å²) in [6.45, 7) is 12.8. The predicted molar refractivity (Wildman–Crippen MR) is 263 cm³/mol. The molecule has 0 bridgehead atoms. The van der Waals surface area contributed by atoms with E-state index in [2.05, 4.69) is 43.2 Å². The highest BCUT2D eigenvalue weighted by Gasteiger charge is 2.43. The van der Waals surface area contributed by atoms with Crippen LogP contribution < -0.4 is 26.6 Å². The fourth-order valence-corrected chi connectivity index (χ4v) is 10.5. The van der Waals surface area contributed by atoms with Gasteiger partial charge in [0.2, 0.25) is 11.8 Å². The number of amides is 2. The quantitative estimate of drug-likeness (QED) is 0.0639. The van der Waals surface area contributed by atoms with Gasteiger partial charge in [-0.05, 0) is 92.4 Å². The highest BCUT2D eigenvalue weighted by Crippen LogP contribution is 2.37. The van der Waals surface area contributed by atoms with E-state index in [0.29, 0.717) is 41.9 Å². The first-order valence-electron chi connectivity index (χ1n) is 23.8. The van der Waals surface area contributed by atoms with Crippen molar-refractivity contribution in [2.45, 2.75) is 103 Å². The van der Waals surface area contributed by atoms with Crippen LogP contribution >= 0.6 is 11.3 Å². The van der Waals surface area contributed by atoms with E-state index < -0.39 is 18.1 Å². The zero-order valence-corrected chi connectivity index (χ0v) is 40.5. The molecule has 7 N–H and O–H groups in total. The van der Waals surface area contributed by atoms with Gasteiger partial charge in [0, 0.05) is 67.3 Å². The number of hydrogen-bond acceptors (Lipinski definition) is 15. The number of allylic oxidation sites excluding steroid dienone is 3. The number of likely N-dealkylation sites (tertiary alicyclic amines) is 2. The van der Waals surface area contributed by atoms with Crippen molar-refractivity contribution in [3.8, 4) is 22.1 Å². The number of β-amino-alcohol motifs (C(OH)–C–C–N with tert-alkyl or cyclic N) is 1. The SMILES string of the molecule is CC(=C1CC(OC2CCN(CCOc3cc([C@H](C(=O)N4C[C@H](O)C[C@H]4C(=O)N[C@@H](C)c4ccc(-c5scnc5C)cc4)C(C)C)on3)CC2)C1)n1cc(C2=C(N)NNC(c3ccccc3O)=C2)cn1. The van der Waals surface area contributed by atoms with Gasteiger partial charge >= 0.3 is 0 Å². The molecule has 69 heavy (non-hydrogen) atoms. The molecule has 4 aliphatic rings. The Morgan fingerprint density at radius 1 is 1.04 bits per heavy atom. The van der Waals surface area contributed by atoms with Gasteiger partial charge < -0.3 is 40.2 Å². The minimum atomic E-state index is -0.827. The Morgan fingerprint density at radius 2 is 1.81 bits per heavy atom. The largest absolute Gasteiger partial charge is 0.507 e. The Bertz CT molecular complexity index is 2720. The first-order valence-corrected chi connectivity index (χ1v) is 24.7. The molecule has 0 spiro atoms. The van der Waals surface area contributed by atoms with Gasteiger partial charge in [-0.15, -0.1) is 11.3 Å². The maximum Gasteiger partial charge on any atom is 0.254 e. The summed E-state index contributed by atoms with van der Waals surface area (Å²) in [7, 11) is 0. The van der Waals surface area contributed by atoms with Gasteiger partial charge in [0.25, 0.3) is 5.88 Å². The summed E-state index contributed by atoms with van der Waals surface area (Å²) in [5.41, 5.74) is 22.6. The van der Waals surface area contributed by atoms with Crippen molar-refractivity contribution in [2.24, 2.45) is 11.7 Å². The number of aromatic nitrogens is 4. The summed E-state index contributed by atoms with van der Waals surface area (Å²) in [6.07, 6.45) is 8.99. The van der Waals surface area contributed by atoms with E-state index >= 15 is 0 Å². The molecule has 1 aliphatic carbocycles. The number of hydrazine groups is 1. The fraction of sp³-hybridized carbons (Fsp3) is 0.431. The Labute approximate surface area is 406 Å². The number of piperidine rings is 1. The lowest BCUT2D eigenvalue weighted by Gasteiger charge is -2.38. The van der Waals surface area contributed by atoms with Crippen molar-refractivity contribution in [3.05, 3.63) is 118 Å². The zero-order valence-electron chi connectivity index (χ0n) is 39.7. The van der Waals surface area contributed by atoms with E-state index in [9.17, 15) is 19.8 Å². The number of para-hydroxylation sites is 1. The normalized spacial score (nSPS) is 20.8. The number of aliphatic hydroxyl groups is 1. The number of rotatable bonds is 16. The number of thiazole rings is 1. The third kappa shape index (κ3) is 10.6. The van der Waals surface area contributed by atoms with E-state index in [1.54, 1.807) is 35.7 Å². The van der Waals surface area contributed by atoms with Crippen molar-refractivity contribution in [1.29, 1.82) is 0 Å². The van der Waals surface area contributed by atoms with Crippen LogP contribution in [0.2, 0.25) is 0 Å². The number of carbonyl (C=O) groups is 2. The molecule has 2 aromatic carbocycles. The second-order valence-corrected chi connectivity index (χ2v) is 19.7. The molecule has 9 rings (SSSR count). The number of nitrogens with one attached hydrogen (secondary N) is 3. The van der Waals surface area contributed by atoms with Crippen molar-refractivity contribution in [2.75, 3.05) is 32.8 Å². The number of carbonyl (C=O) groups excluding carboxylic acids is 2. The van der Waals surface area contributed by atoms with Gasteiger partial charge in [0.15, 0.2) is 5.76 Å². The number of aliphatic hydroxyl groups excluding tert-OH is 1. The molecule has 364 valence electrons. The highest BCUT2D eigenvalue weighted by molar-refractivity contribution is 7.13. The fourth-order valence-electron chi connectivity index (χ4n) is 9.66. The number of phenols is 1. The monoisotopic (exact) mass is 958 g/mol. The number of phenolic OH excluding ortho intramolecular Hbond substituents is 1. The molecular weight excluding hydrogens is 897 g/mol. The van der Waals surface area contributed by atoms with E-state index in [1.807, 2.05) is 86.6 Å². The summed E-state index contributed by atoms with van der Waals surface area (Å²) < 4.78 is 20.2. The first kappa shape index (κ1) is 47.6. The molecule has 3 aliphatic heterocycles. The zero-order chi connectivity index (χ0) is 48.3. The third-order valence-electron chi connectivity index (χ3n) is 13.8. The Hall–Kier alpha value is -6.47. The van der Waals surface area contributed by atoms with Crippen LogP contribution in [-0.2, 0) is 14.3 Å². The number of nitrogens with zero attached hydrogens (tertiary/aromatic N) is 6. The van der Waals surface area contributed by atoms with Crippen molar-refractivity contribution in [1.82, 2.24) is 45.9 Å². The molecule has 3 aromatic heterocycles. The van der Waals surface area contributed by atoms with E-state index in [-0.39, 0.29) is 54.7 Å². The Kier molecular flexibility index (Phi) is 14.2. The summed E-state index contributed by atoms with van der Waals surface area (Å²) in [5, 5.41) is 32.9. The molecule has 0 radical (unpaired) electrons. The number of ether oxygens (including phenoxy) is 2. The molecule has 4 atom stereocenters. The summed E-state index contributed by atoms with van der Waals surface area (Å²) >= 11 is 1.59. The van der Waals surface area contributed by atoms with Crippen LogP contribution in [0.4, 0.5) is 0 Å². The highest BCUT2D eigenvalue weighted by atomic mass is 32.1. The van der Waals surface area contributed by atoms with Gasteiger partial charge in [0.05, 0.1) is 52.3 Å². The second-order valence-electron chi connectivity index (χ2n) is 18.9. The third-order valence-corrected chi connectivity index (χ3v) is 14.7. The van der Waals surface area contributed by atoms with Crippen LogP contribution in [0.5, 0.6) is 11.6 Å². The van der Waals surface area contributed by atoms with Crippen LogP contribution in [-0.4, -0.2) is 109 Å². The molecule has 5 aromatic rings. The van der Waals surface area contributed by atoms with Crippen LogP contribution in [0.25, 0.3) is 27.4 Å². The standard InChI is InChI=1S/C51H62N10O7S/c1-29(2)47(51(65)60-27-37(62)22-43(60)50(64)55-30(3)33-10-12-34(13-11-33)48-31(4)53-28-69-48)45-24-46(58-68-45)66-19-18-59-16-14-38(15-17-59)67-39-20-35(21-39)32(5)61-26-36(25-54-61)41-23-42(56-57-49(41)52)40-8-6-7-9-44(40)63/h6-13,23-26,28-30,37-39,43,47,56-57,62-63H,14-22,27,52H2,1-5H3,(H,55,64)/t30-,37+,39?,43-,47+/m0/s1. The van der Waals surface area contributed by atoms with Crippen molar-refractivity contribution >= 4 is 40.1 Å². The van der Waals surface area contributed by atoms with E-state index in [0.717, 1.165) is 77.3 Å². The average Bonchev–Trinajstić information content (AvgIpc) is 4.17. The molecule has 3 fully saturated rings. The predicted octanol–water partition coefficient (Wildman–Crippen LogP) is 6.32. The van der Waals surface area contributed by atoms with Gasteiger partial charge in [-0.25, -0.2) is 9.67 Å². The lowest BCUT2D eigenvalue weighted by Crippen LogP contribution is -2.48. The van der Waals surface area contributed by atoms with Gasteiger partial charge in [-0.2, -0.15) is 5.10 Å². The Balaban J connectivity index is 0.713. The van der Waals surface area contributed by atoms with Crippen molar-refractivity contribution < 1.29 is 33.8 Å². The first-order chi connectivity index (χ1) is 33.3. The van der Waals surface area contributed by atoms with Crippen molar-refractivity contribution in [3.63, 3.8) is 0 Å². The van der Waals surface area contributed by atoms with Crippen LogP contribution in [0.3, 0.4) is 0 Å². The number of aryl methyl sites for hydroxylation is 1. The lowest BCUT2D eigenvalue weighted by atomic mass is 9.87. The van der Waals surface area contributed by atoms with Crippen LogP contribution in [0.15, 0.2) is 94.5 Å². The topological polar surface area (TPSA) is 218 Å². The molecule has 1 saturated carbocycles. The molecular formula is C51H62N10O7S. The lowest BCUT2D eigenvalue weighted by molar-refractivity contribution is -0.141. The van der Waals surface area contributed by atoms with Crippen LogP contribution in [0.1, 0.15) is 99.9 Å². The number of benzene rings is 2. The molecule has 0 unspecified atom stereocenters. The van der Waals surface area contributed by atoms with Gasteiger partial charge in [-0.3, -0.25) is 25.3 Å². The Morgan fingerprint density at radius 3 is 2.54 bits per heavy atom. The maximum absolute atomic E-state index is 14.2. The molecule has 17 nitrogen and oxygen atoms in total. The molecule has 2 amide bonds. The minimum absolute atomic E-state index is 0.0537. The van der Waals surface area contributed by atoms with Gasteiger partial charge in [0.1, 0.15) is 30.1 Å². The number of hydrogen-bond donors (Lipinski definition) is 6. The average molecular weight is 959 g/mol. The summed E-state index contributed by atoms with van der Waals surface area (Å²) in [6, 6.07) is 15.7. The summed E-state index contributed by atoms with van der Waals surface area (Å²) in [4.78, 5) is 37.2. The van der Waals surface area contributed by atoms with Gasteiger partial charge in [-0.1, -0.05) is 50.2 Å². The van der Waals surface area contributed by atoms with Crippen LogP contribution in [0, 0.1) is 12.8 Å². The maximum atomic E-state index is 14.2. The molecule has 18 heteroatoms. The smallest absolute Gasteiger partial charge is 0.254 e. The number of nitrogens with two attached hydrogens (primary N) is 1. The molecule has 6 heterocycles. The van der Waals surface area contributed by atoms with E-state index in [1.165, 1.54) is 10.5 Å².